The van der Waals surface area contributed by atoms with E-state index >= 15 is 0 Å². The van der Waals surface area contributed by atoms with E-state index in [2.05, 4.69) is 48.7 Å². The highest BCUT2D eigenvalue weighted by Gasteiger charge is 2.44. The summed E-state index contributed by atoms with van der Waals surface area (Å²) in [6.45, 7) is 6.49. The van der Waals surface area contributed by atoms with E-state index in [-0.39, 0.29) is 23.3 Å². The summed E-state index contributed by atoms with van der Waals surface area (Å²) >= 11 is 2.25. The van der Waals surface area contributed by atoms with E-state index in [0.29, 0.717) is 5.92 Å². The molecule has 0 saturated heterocycles. The molecule has 1 saturated carbocycles. The molecule has 2 rings (SSSR count). The summed E-state index contributed by atoms with van der Waals surface area (Å²) in [5.41, 5.74) is 6.97. The van der Waals surface area contributed by atoms with Crippen LogP contribution >= 0.6 is 22.6 Å². The SMILES string of the molecule is CC1C(N)CCC(C(=O)Nc2cccc(I)c2)C1(C)C. The monoisotopic (exact) mass is 386 g/mol. The molecule has 4 heteroatoms. The number of hydrogen-bond donors (Lipinski definition) is 2. The molecule has 20 heavy (non-hydrogen) atoms. The Morgan fingerprint density at radius 3 is 2.75 bits per heavy atom. The van der Waals surface area contributed by atoms with Crippen LogP contribution < -0.4 is 11.1 Å². The normalized spacial score (nSPS) is 28.9. The lowest BCUT2D eigenvalue weighted by Crippen LogP contribution is -2.50. The number of hydrogen-bond acceptors (Lipinski definition) is 2. The number of nitrogens with two attached hydrogens (primary N) is 1. The highest BCUT2D eigenvalue weighted by Crippen LogP contribution is 2.44. The van der Waals surface area contributed by atoms with Gasteiger partial charge < -0.3 is 11.1 Å². The van der Waals surface area contributed by atoms with Gasteiger partial charge in [0.15, 0.2) is 0 Å². The van der Waals surface area contributed by atoms with E-state index in [1.54, 1.807) is 0 Å². The number of amides is 1. The Morgan fingerprint density at radius 2 is 2.10 bits per heavy atom. The van der Waals surface area contributed by atoms with Crippen molar-refractivity contribution in [1.82, 2.24) is 0 Å². The van der Waals surface area contributed by atoms with E-state index < -0.39 is 0 Å². The largest absolute Gasteiger partial charge is 0.327 e. The smallest absolute Gasteiger partial charge is 0.228 e. The molecule has 3 unspecified atom stereocenters. The van der Waals surface area contributed by atoms with Gasteiger partial charge in [-0.15, -0.1) is 0 Å². The topological polar surface area (TPSA) is 55.1 Å². The first-order valence-corrected chi connectivity index (χ1v) is 8.22. The van der Waals surface area contributed by atoms with Crippen molar-refractivity contribution in [3.8, 4) is 0 Å². The molecule has 0 heterocycles. The van der Waals surface area contributed by atoms with Gasteiger partial charge in [0, 0.05) is 21.2 Å². The second-order valence-corrected chi connectivity index (χ2v) is 7.65. The first-order chi connectivity index (χ1) is 9.32. The number of benzene rings is 1. The number of carbonyl (C=O) groups is 1. The Labute approximate surface area is 134 Å². The fourth-order valence-electron chi connectivity index (χ4n) is 3.11. The maximum Gasteiger partial charge on any atom is 0.228 e. The Balaban J connectivity index is 2.13. The molecular formula is C16H23IN2O. The third kappa shape index (κ3) is 3.17. The summed E-state index contributed by atoms with van der Waals surface area (Å²) in [5.74, 6) is 0.494. The molecule has 1 aromatic rings. The fraction of sp³-hybridized carbons (Fsp3) is 0.562. The summed E-state index contributed by atoms with van der Waals surface area (Å²) in [7, 11) is 0. The minimum Gasteiger partial charge on any atom is -0.327 e. The van der Waals surface area contributed by atoms with Crippen molar-refractivity contribution in [2.24, 2.45) is 23.0 Å². The standard InChI is InChI=1S/C16H23IN2O/c1-10-14(18)8-7-13(16(10,2)3)15(20)19-12-6-4-5-11(17)9-12/h4-6,9-10,13-14H,7-8,18H2,1-3H3,(H,19,20). The highest BCUT2D eigenvalue weighted by atomic mass is 127. The molecule has 1 aliphatic rings. The van der Waals surface area contributed by atoms with E-state index in [4.69, 9.17) is 5.73 Å². The minimum absolute atomic E-state index is 0.0233. The van der Waals surface area contributed by atoms with Crippen LogP contribution in [0.2, 0.25) is 0 Å². The molecule has 0 aliphatic heterocycles. The molecule has 1 fully saturated rings. The average molecular weight is 386 g/mol. The molecule has 1 aromatic carbocycles. The first kappa shape index (κ1) is 15.8. The van der Waals surface area contributed by atoms with Crippen LogP contribution in [0.25, 0.3) is 0 Å². The van der Waals surface area contributed by atoms with Crippen LogP contribution in [0.4, 0.5) is 5.69 Å². The third-order valence-corrected chi connectivity index (χ3v) is 5.58. The van der Waals surface area contributed by atoms with Crippen molar-refractivity contribution in [3.63, 3.8) is 0 Å². The summed E-state index contributed by atoms with van der Waals surface area (Å²) in [4.78, 5) is 12.6. The van der Waals surface area contributed by atoms with Gasteiger partial charge in [-0.05, 0) is 65.0 Å². The molecule has 1 amide bonds. The number of anilines is 1. The number of rotatable bonds is 2. The van der Waals surface area contributed by atoms with E-state index in [1.807, 2.05) is 24.3 Å². The average Bonchev–Trinajstić information content (AvgIpc) is 2.36. The van der Waals surface area contributed by atoms with Crippen LogP contribution in [0.15, 0.2) is 24.3 Å². The van der Waals surface area contributed by atoms with Gasteiger partial charge in [-0.1, -0.05) is 26.8 Å². The third-order valence-electron chi connectivity index (χ3n) is 4.91. The Kier molecular flexibility index (Phi) is 4.74. The van der Waals surface area contributed by atoms with E-state index in [0.717, 1.165) is 22.1 Å². The van der Waals surface area contributed by atoms with Crippen molar-refractivity contribution in [2.45, 2.75) is 39.7 Å². The summed E-state index contributed by atoms with van der Waals surface area (Å²) in [5, 5.41) is 3.06. The van der Waals surface area contributed by atoms with Crippen LogP contribution in [0.3, 0.4) is 0 Å². The highest BCUT2D eigenvalue weighted by molar-refractivity contribution is 14.1. The summed E-state index contributed by atoms with van der Waals surface area (Å²) < 4.78 is 1.12. The minimum atomic E-state index is -0.0658. The van der Waals surface area contributed by atoms with Crippen molar-refractivity contribution in [1.29, 1.82) is 0 Å². The predicted octanol–water partition coefficient (Wildman–Crippen LogP) is 3.63. The zero-order chi connectivity index (χ0) is 14.9. The number of nitrogens with one attached hydrogen (secondary N) is 1. The molecule has 0 aromatic heterocycles. The van der Waals surface area contributed by atoms with Gasteiger partial charge in [0.1, 0.15) is 0 Å². The van der Waals surface area contributed by atoms with Crippen molar-refractivity contribution in [2.75, 3.05) is 5.32 Å². The van der Waals surface area contributed by atoms with Crippen LogP contribution in [0.1, 0.15) is 33.6 Å². The molecular weight excluding hydrogens is 363 g/mol. The maximum atomic E-state index is 12.6. The van der Waals surface area contributed by atoms with Crippen molar-refractivity contribution in [3.05, 3.63) is 27.8 Å². The Bertz CT molecular complexity index is 501. The van der Waals surface area contributed by atoms with Crippen molar-refractivity contribution < 1.29 is 4.79 Å². The summed E-state index contributed by atoms with van der Waals surface area (Å²) in [6, 6.07) is 8.10. The maximum absolute atomic E-state index is 12.6. The first-order valence-electron chi connectivity index (χ1n) is 7.14. The van der Waals surface area contributed by atoms with Gasteiger partial charge in [-0.25, -0.2) is 0 Å². The zero-order valence-corrected chi connectivity index (χ0v) is 14.5. The molecule has 3 atom stereocenters. The molecule has 1 aliphatic carbocycles. The van der Waals surface area contributed by atoms with E-state index in [1.165, 1.54) is 0 Å². The van der Waals surface area contributed by atoms with Crippen LogP contribution in [0, 0.1) is 20.8 Å². The van der Waals surface area contributed by atoms with Crippen LogP contribution in [-0.4, -0.2) is 11.9 Å². The quantitative estimate of drug-likeness (QED) is 0.763. The fourth-order valence-corrected chi connectivity index (χ4v) is 3.66. The lowest BCUT2D eigenvalue weighted by Gasteiger charge is -2.46. The number of halogens is 1. The molecule has 110 valence electrons. The van der Waals surface area contributed by atoms with E-state index in [9.17, 15) is 4.79 Å². The molecule has 0 bridgehead atoms. The van der Waals surface area contributed by atoms with Crippen LogP contribution in [0.5, 0.6) is 0 Å². The zero-order valence-electron chi connectivity index (χ0n) is 12.3. The summed E-state index contributed by atoms with van der Waals surface area (Å²) in [6.07, 6.45) is 1.79. The van der Waals surface area contributed by atoms with Gasteiger partial charge in [0.05, 0.1) is 0 Å². The van der Waals surface area contributed by atoms with Gasteiger partial charge in [0.25, 0.3) is 0 Å². The van der Waals surface area contributed by atoms with Crippen LogP contribution in [-0.2, 0) is 4.79 Å². The lowest BCUT2D eigenvalue weighted by atomic mass is 9.61. The Morgan fingerprint density at radius 1 is 1.40 bits per heavy atom. The molecule has 3 nitrogen and oxygen atoms in total. The predicted molar refractivity (Wildman–Crippen MR) is 91.4 cm³/mol. The second kappa shape index (κ2) is 6.02. The molecule has 0 radical (unpaired) electrons. The lowest BCUT2D eigenvalue weighted by molar-refractivity contribution is -0.127. The second-order valence-electron chi connectivity index (χ2n) is 6.40. The number of carbonyl (C=O) groups excluding carboxylic acids is 1. The molecule has 0 spiro atoms. The molecule has 3 N–H and O–H groups in total. The van der Waals surface area contributed by atoms with Gasteiger partial charge in [-0.2, -0.15) is 0 Å². The van der Waals surface area contributed by atoms with Gasteiger partial charge in [0.2, 0.25) is 5.91 Å². The van der Waals surface area contributed by atoms with Crippen molar-refractivity contribution >= 4 is 34.2 Å². The van der Waals surface area contributed by atoms with Gasteiger partial charge >= 0.3 is 0 Å². The van der Waals surface area contributed by atoms with Gasteiger partial charge in [-0.3, -0.25) is 4.79 Å². The Hall–Kier alpha value is -0.620.